The van der Waals surface area contributed by atoms with E-state index in [4.69, 9.17) is 50.8 Å². The van der Waals surface area contributed by atoms with E-state index in [0.717, 1.165) is 0 Å². The van der Waals surface area contributed by atoms with Crippen molar-refractivity contribution in [2.24, 2.45) is 0 Å². The van der Waals surface area contributed by atoms with Gasteiger partial charge in [0.25, 0.3) is 0 Å². The van der Waals surface area contributed by atoms with E-state index in [1.165, 1.54) is 0 Å². The van der Waals surface area contributed by atoms with E-state index in [-0.39, 0.29) is 59.1 Å². The number of aliphatic hydroxyl groups excluding tert-OH is 7. The second kappa shape index (κ2) is 15.5. The van der Waals surface area contributed by atoms with Crippen LogP contribution in [0.2, 0.25) is 0 Å². The maximum Gasteiger partial charge on any atom is 1.00 e. The summed E-state index contributed by atoms with van der Waals surface area (Å²) < 4.78 is 8.57. The van der Waals surface area contributed by atoms with E-state index >= 15 is 0 Å². The van der Waals surface area contributed by atoms with Crippen molar-refractivity contribution in [3.63, 3.8) is 0 Å². The molecule has 0 spiro atoms. The first-order valence-corrected chi connectivity index (χ1v) is 7.00. The number of hydrogen-bond donors (Lipinski definition) is 8. The van der Waals surface area contributed by atoms with Crippen LogP contribution in [0.4, 0.5) is 4.79 Å². The summed E-state index contributed by atoms with van der Waals surface area (Å²) in [7, 11) is 0. The van der Waals surface area contributed by atoms with Crippen molar-refractivity contribution < 1.29 is 134 Å². The maximum atomic E-state index is 10.6. The molecule has 17 heteroatoms. The number of hydrogen-bond acceptors (Lipinski definition) is 14. The third kappa shape index (κ3) is 9.69. The van der Waals surface area contributed by atoms with Gasteiger partial charge in [-0.05, 0) is 0 Å². The van der Waals surface area contributed by atoms with Crippen molar-refractivity contribution in [2.75, 3.05) is 13.2 Å². The summed E-state index contributed by atoms with van der Waals surface area (Å²) >= 11 is 0. The van der Waals surface area contributed by atoms with Crippen LogP contribution in [0.1, 0.15) is 0 Å². The molecule has 2 rings (SSSR count). The number of rotatable bonds is 4. The smallest absolute Gasteiger partial charge is 0.865 e. The molecular weight excluding hydrogens is 442 g/mol. The van der Waals surface area contributed by atoms with Crippen LogP contribution in [0.25, 0.3) is 0 Å². The summed E-state index contributed by atoms with van der Waals surface area (Å²) in [6.07, 6.45) is -7.74. The molecule has 2 aliphatic rings. The van der Waals surface area contributed by atoms with Gasteiger partial charge in [-0.25, -0.2) is 9.59 Å². The van der Waals surface area contributed by atoms with Gasteiger partial charge in [-0.1, -0.05) is 0 Å². The van der Waals surface area contributed by atoms with E-state index in [1.807, 2.05) is 0 Å². The Morgan fingerprint density at radius 3 is 1.47 bits per heavy atom. The van der Waals surface area contributed by atoms with Crippen LogP contribution in [0.3, 0.4) is 0 Å². The van der Waals surface area contributed by atoms with Crippen molar-refractivity contribution in [3.8, 4) is 0 Å². The summed E-state index contributed by atoms with van der Waals surface area (Å²) in [6.45, 7) is -1.37. The van der Waals surface area contributed by atoms with Crippen molar-refractivity contribution in [1.29, 1.82) is 0 Å². The average Bonchev–Trinajstić information content (AvgIpc) is 3.05. The average molecular weight is 458 g/mol. The first-order valence-electron chi connectivity index (χ1n) is 7.00. The summed E-state index contributed by atoms with van der Waals surface area (Å²) in [5.74, 6) is -6.03. The number of carbonyl (C=O) groups is 3. The van der Waals surface area contributed by atoms with Crippen LogP contribution < -0.4 is 69.3 Å². The van der Waals surface area contributed by atoms with Gasteiger partial charge in [0, 0.05) is 5.76 Å². The molecule has 2 heterocycles. The Labute approximate surface area is 211 Å². The van der Waals surface area contributed by atoms with Crippen molar-refractivity contribution >= 4 is 18.1 Å². The zero-order chi connectivity index (χ0) is 22.2. The SMILES string of the molecule is O=C([O-])O.O=C1O[C@H](C(O)CO)C(O)=C1O.O=C1O[C@H](C(O)CO)C(O)=C1[O-].[Na+].[Na+]. The van der Waals surface area contributed by atoms with Crippen LogP contribution in [-0.2, 0) is 19.1 Å². The molecule has 30 heavy (non-hydrogen) atoms. The summed E-state index contributed by atoms with van der Waals surface area (Å²) in [6, 6.07) is 0. The maximum absolute atomic E-state index is 10.6. The zero-order valence-corrected chi connectivity index (χ0v) is 19.7. The van der Waals surface area contributed by atoms with Gasteiger partial charge in [0.15, 0.2) is 18.0 Å². The third-order valence-corrected chi connectivity index (χ3v) is 2.93. The molecule has 2 aliphatic heterocycles. The molecule has 0 aromatic heterocycles. The Balaban J connectivity index is -0.000000391. The third-order valence-electron chi connectivity index (χ3n) is 2.93. The van der Waals surface area contributed by atoms with Crippen LogP contribution in [0, 0.1) is 0 Å². The fraction of sp³-hybridized carbons (Fsp3) is 0.462. The molecule has 0 radical (unpaired) electrons. The largest absolute Gasteiger partial charge is 1.00 e. The topological polar surface area (TPSA) is 278 Å². The Bertz CT molecular complexity index is 607. The molecule has 0 saturated heterocycles. The molecule has 0 fully saturated rings. The molecule has 8 N–H and O–H groups in total. The molecule has 15 nitrogen and oxygen atoms in total. The Morgan fingerprint density at radius 2 is 1.23 bits per heavy atom. The van der Waals surface area contributed by atoms with Crippen molar-refractivity contribution in [3.05, 3.63) is 23.0 Å². The van der Waals surface area contributed by atoms with Crippen molar-refractivity contribution in [1.82, 2.24) is 0 Å². The summed E-state index contributed by atoms with van der Waals surface area (Å²) in [5, 5.41) is 87.1. The molecule has 0 aromatic rings. The zero-order valence-electron chi connectivity index (χ0n) is 15.7. The minimum atomic E-state index is -2.08. The van der Waals surface area contributed by atoms with E-state index < -0.39 is 78.8 Å². The Morgan fingerprint density at radius 1 is 0.900 bits per heavy atom. The van der Waals surface area contributed by atoms with Gasteiger partial charge in [0.05, 0.1) is 13.2 Å². The monoisotopic (exact) mass is 458 g/mol. The predicted octanol–water partition coefficient (Wildman–Crippen LogP) is -11.1. The minimum absolute atomic E-state index is 0. The number of cyclic esters (lactones) is 2. The molecule has 2 unspecified atom stereocenters. The number of esters is 2. The second-order valence-corrected chi connectivity index (χ2v) is 4.87. The molecule has 0 amide bonds. The Hall–Kier alpha value is -1.27. The first-order chi connectivity index (χ1) is 12.9. The van der Waals surface area contributed by atoms with Gasteiger partial charge in [-0.3, -0.25) is 0 Å². The standard InChI is InChI=1S/2C6H8O6.CH2O3.2Na/c2*7-1-2(8)5-3(9)4(10)6(11)12-5;2-1(3)4;;/h2*2,5,7-10H,1H2;(H2,2,3,4);;/q;;;2*+1/p-2/t2*2?,5-;;;/m11.../s1. The second-order valence-electron chi connectivity index (χ2n) is 4.87. The molecular formula is C13H16Na2O15. The fourth-order valence-electron chi connectivity index (χ4n) is 1.64. The fourth-order valence-corrected chi connectivity index (χ4v) is 1.64. The number of carboxylic acid groups (broad SMARTS) is 2. The molecule has 0 aliphatic carbocycles. The van der Waals surface area contributed by atoms with Crippen molar-refractivity contribution in [2.45, 2.75) is 24.4 Å². The normalized spacial score (nSPS) is 21.5. The van der Waals surface area contributed by atoms with E-state index in [0.29, 0.717) is 0 Å². The van der Waals surface area contributed by atoms with Gasteiger partial charge < -0.3 is 65.3 Å². The molecule has 0 aromatic carbocycles. The predicted molar refractivity (Wildman–Crippen MR) is 75.9 cm³/mol. The number of aliphatic hydroxyl groups is 7. The molecule has 4 atom stereocenters. The minimum Gasteiger partial charge on any atom is -0.865 e. The van der Waals surface area contributed by atoms with Gasteiger partial charge in [0.1, 0.15) is 18.0 Å². The van der Waals surface area contributed by atoms with Crippen LogP contribution >= 0.6 is 0 Å². The number of ether oxygens (including phenoxy) is 2. The van der Waals surface area contributed by atoms with Gasteiger partial charge in [0.2, 0.25) is 11.9 Å². The van der Waals surface area contributed by atoms with Gasteiger partial charge >= 0.3 is 71.1 Å². The molecule has 0 saturated carbocycles. The van der Waals surface area contributed by atoms with E-state index in [9.17, 15) is 14.7 Å². The van der Waals surface area contributed by atoms with E-state index in [2.05, 4.69) is 9.47 Å². The summed E-state index contributed by atoms with van der Waals surface area (Å²) in [4.78, 5) is 29.4. The first kappa shape index (κ1) is 33.4. The molecule has 160 valence electrons. The van der Waals surface area contributed by atoms with Crippen LogP contribution in [0.15, 0.2) is 23.0 Å². The number of carbonyl (C=O) groups excluding carboxylic acids is 2. The van der Waals surface area contributed by atoms with Crippen LogP contribution in [-0.4, -0.2) is 96.6 Å². The van der Waals surface area contributed by atoms with Gasteiger partial charge in [-0.2, -0.15) is 0 Å². The quantitative estimate of drug-likeness (QED) is 0.143. The van der Waals surface area contributed by atoms with Gasteiger partial charge in [-0.15, -0.1) is 0 Å². The Kier molecular flexibility index (Phi) is 17.3. The van der Waals surface area contributed by atoms with Crippen LogP contribution in [0.5, 0.6) is 0 Å². The molecule has 0 bridgehead atoms. The van der Waals surface area contributed by atoms with E-state index in [1.54, 1.807) is 0 Å². The summed E-state index contributed by atoms with van der Waals surface area (Å²) in [5.41, 5.74) is 0.